The maximum Gasteiger partial charge on any atom is 0.339 e. The number of benzene rings is 1. The first-order valence-corrected chi connectivity index (χ1v) is 4.66. The summed E-state index contributed by atoms with van der Waals surface area (Å²) >= 11 is 0. The van der Waals surface area contributed by atoms with Crippen LogP contribution in [0.5, 0.6) is 0 Å². The summed E-state index contributed by atoms with van der Waals surface area (Å²) in [6.07, 6.45) is -0.0781. The average Bonchev–Trinajstić information content (AvgIpc) is 2.72. The third kappa shape index (κ3) is 1.55. The molecule has 1 aromatic heterocycles. The maximum absolute atomic E-state index is 13.5. The number of carbonyl (C=O) groups excluding carboxylic acids is 1. The van der Waals surface area contributed by atoms with Gasteiger partial charge in [-0.2, -0.15) is 0 Å². The molecule has 0 aliphatic rings. The highest BCUT2D eigenvalue weighted by molar-refractivity contribution is 5.89. The van der Waals surface area contributed by atoms with Gasteiger partial charge in [0.15, 0.2) is 6.10 Å². The van der Waals surface area contributed by atoms with Gasteiger partial charge in [-0.1, -0.05) is 6.07 Å². The monoisotopic (exact) mass is 223 g/mol. The zero-order chi connectivity index (χ0) is 11.7. The van der Waals surface area contributed by atoms with Crippen molar-refractivity contribution in [2.24, 2.45) is 0 Å². The lowest BCUT2D eigenvalue weighted by atomic mass is 10.1. The third-order valence-corrected chi connectivity index (χ3v) is 2.40. The lowest BCUT2D eigenvalue weighted by Gasteiger charge is -2.06. The van der Waals surface area contributed by atoms with Crippen LogP contribution in [0.15, 0.2) is 24.4 Å². The number of hydrogen-bond donors (Lipinski definition) is 2. The van der Waals surface area contributed by atoms with E-state index >= 15 is 0 Å². The third-order valence-electron chi connectivity index (χ3n) is 2.40. The molecule has 0 saturated carbocycles. The van der Waals surface area contributed by atoms with Gasteiger partial charge in [-0.25, -0.2) is 9.18 Å². The van der Waals surface area contributed by atoms with Crippen LogP contribution in [0.25, 0.3) is 10.9 Å². The van der Waals surface area contributed by atoms with Crippen molar-refractivity contribution in [2.45, 2.75) is 6.10 Å². The first-order valence-electron chi connectivity index (χ1n) is 4.66. The molecule has 1 heterocycles. The minimum absolute atomic E-state index is 0.181. The summed E-state index contributed by atoms with van der Waals surface area (Å²) in [5.41, 5.74) is 0.706. The molecule has 0 aliphatic carbocycles. The Labute approximate surface area is 90.7 Å². The smallest absolute Gasteiger partial charge is 0.339 e. The van der Waals surface area contributed by atoms with Crippen LogP contribution >= 0.6 is 0 Å². The van der Waals surface area contributed by atoms with Crippen molar-refractivity contribution in [3.05, 3.63) is 35.8 Å². The van der Waals surface area contributed by atoms with Crippen LogP contribution in [0.3, 0.4) is 0 Å². The second-order valence-corrected chi connectivity index (χ2v) is 3.33. The molecule has 2 aromatic rings. The number of aromatic nitrogens is 1. The Balaban J connectivity index is 2.57. The molecule has 2 N–H and O–H groups in total. The quantitative estimate of drug-likeness (QED) is 0.758. The fourth-order valence-corrected chi connectivity index (χ4v) is 1.62. The van der Waals surface area contributed by atoms with Gasteiger partial charge in [-0.15, -0.1) is 0 Å². The Bertz CT molecular complexity index is 535. The molecule has 0 fully saturated rings. The van der Waals surface area contributed by atoms with Gasteiger partial charge >= 0.3 is 5.97 Å². The van der Waals surface area contributed by atoms with E-state index in [0.717, 1.165) is 7.11 Å². The molecule has 4 nitrogen and oxygen atoms in total. The number of nitrogens with one attached hydrogen (secondary N) is 1. The van der Waals surface area contributed by atoms with Gasteiger partial charge in [0.2, 0.25) is 0 Å². The molecule has 1 aromatic carbocycles. The molecule has 1 unspecified atom stereocenters. The Morgan fingerprint density at radius 1 is 1.56 bits per heavy atom. The summed E-state index contributed by atoms with van der Waals surface area (Å²) < 4.78 is 17.9. The van der Waals surface area contributed by atoms with Crippen molar-refractivity contribution in [3.8, 4) is 0 Å². The highest BCUT2D eigenvalue weighted by atomic mass is 19.1. The lowest BCUT2D eigenvalue weighted by molar-refractivity contribution is -0.150. The predicted molar refractivity (Wildman–Crippen MR) is 55.2 cm³/mol. The van der Waals surface area contributed by atoms with Gasteiger partial charge in [-0.3, -0.25) is 0 Å². The van der Waals surface area contributed by atoms with E-state index in [0.29, 0.717) is 5.52 Å². The van der Waals surface area contributed by atoms with Crippen molar-refractivity contribution in [1.82, 2.24) is 4.98 Å². The summed E-state index contributed by atoms with van der Waals surface area (Å²) in [7, 11) is 1.16. The topological polar surface area (TPSA) is 62.3 Å². The average molecular weight is 223 g/mol. The van der Waals surface area contributed by atoms with E-state index in [1.165, 1.54) is 12.3 Å². The van der Waals surface area contributed by atoms with Crippen molar-refractivity contribution in [1.29, 1.82) is 0 Å². The van der Waals surface area contributed by atoms with E-state index in [1.54, 1.807) is 12.1 Å². The fourth-order valence-electron chi connectivity index (χ4n) is 1.62. The first-order chi connectivity index (χ1) is 7.65. The number of fused-ring (bicyclic) bond motifs is 1. The van der Waals surface area contributed by atoms with E-state index in [1.807, 2.05) is 0 Å². The van der Waals surface area contributed by atoms with Crippen LogP contribution in [-0.4, -0.2) is 23.2 Å². The molecule has 16 heavy (non-hydrogen) atoms. The van der Waals surface area contributed by atoms with Crippen molar-refractivity contribution < 1.29 is 19.0 Å². The fraction of sp³-hybridized carbons (Fsp3) is 0.182. The zero-order valence-corrected chi connectivity index (χ0v) is 8.53. The van der Waals surface area contributed by atoms with E-state index < -0.39 is 17.9 Å². The Morgan fingerprint density at radius 3 is 3.00 bits per heavy atom. The number of methoxy groups -OCH3 is 1. The maximum atomic E-state index is 13.5. The molecule has 1 atom stereocenters. The number of aliphatic hydroxyl groups is 1. The second kappa shape index (κ2) is 3.94. The largest absolute Gasteiger partial charge is 0.467 e. The van der Waals surface area contributed by atoms with Gasteiger partial charge in [0, 0.05) is 22.7 Å². The minimum Gasteiger partial charge on any atom is -0.467 e. The number of H-pyrrole nitrogens is 1. The number of aliphatic hydroxyl groups excluding tert-OH is 1. The Hall–Kier alpha value is -1.88. The molecule has 0 bridgehead atoms. The summed E-state index contributed by atoms with van der Waals surface area (Å²) in [4.78, 5) is 13.9. The van der Waals surface area contributed by atoms with Gasteiger partial charge in [0.05, 0.1) is 7.11 Å². The lowest BCUT2D eigenvalue weighted by Crippen LogP contribution is -2.13. The number of carbonyl (C=O) groups is 1. The van der Waals surface area contributed by atoms with E-state index in [2.05, 4.69) is 9.72 Å². The molecule has 0 amide bonds. The van der Waals surface area contributed by atoms with Crippen molar-refractivity contribution in [2.75, 3.05) is 7.11 Å². The van der Waals surface area contributed by atoms with Crippen LogP contribution in [0.1, 0.15) is 11.7 Å². The highest BCUT2D eigenvalue weighted by Gasteiger charge is 2.22. The molecule has 84 valence electrons. The van der Waals surface area contributed by atoms with Gasteiger partial charge in [0.25, 0.3) is 0 Å². The standard InChI is InChI=1S/C11H10FNO3/c1-16-11(15)10(14)6-5-13-8-4-2-3-7(12)9(6)8/h2-5,10,13-14H,1H3. The van der Waals surface area contributed by atoms with Crippen LogP contribution in [0.4, 0.5) is 4.39 Å². The molecule has 0 saturated heterocycles. The number of rotatable bonds is 2. The van der Waals surface area contributed by atoms with E-state index in [9.17, 15) is 14.3 Å². The predicted octanol–water partition coefficient (Wildman–Crippen LogP) is 1.51. The molecule has 0 radical (unpaired) electrons. The van der Waals surface area contributed by atoms with Crippen molar-refractivity contribution >= 4 is 16.9 Å². The molecule has 0 spiro atoms. The summed E-state index contributed by atoms with van der Waals surface area (Å²) in [6.45, 7) is 0. The molecule has 5 heteroatoms. The van der Waals surface area contributed by atoms with Crippen molar-refractivity contribution in [3.63, 3.8) is 0 Å². The first kappa shape index (κ1) is 10.6. The van der Waals surface area contributed by atoms with Gasteiger partial charge in [0.1, 0.15) is 5.82 Å². The molecular formula is C11H10FNO3. The normalized spacial score (nSPS) is 12.7. The van der Waals surface area contributed by atoms with Gasteiger partial charge in [-0.05, 0) is 12.1 Å². The van der Waals surface area contributed by atoms with Crippen LogP contribution in [-0.2, 0) is 9.53 Å². The number of halogens is 1. The minimum atomic E-state index is -1.48. The molecule has 2 rings (SSSR count). The van der Waals surface area contributed by atoms with E-state index in [-0.39, 0.29) is 10.9 Å². The number of hydrogen-bond acceptors (Lipinski definition) is 3. The Morgan fingerprint density at radius 2 is 2.31 bits per heavy atom. The number of ether oxygens (including phenoxy) is 1. The zero-order valence-electron chi connectivity index (χ0n) is 8.53. The summed E-state index contributed by atoms with van der Waals surface area (Å²) in [5, 5.41) is 9.85. The Kier molecular flexibility index (Phi) is 2.62. The summed E-state index contributed by atoms with van der Waals surface area (Å²) in [6, 6.07) is 4.47. The van der Waals surface area contributed by atoms with Gasteiger partial charge < -0.3 is 14.8 Å². The number of aromatic amines is 1. The highest BCUT2D eigenvalue weighted by Crippen LogP contribution is 2.27. The van der Waals surface area contributed by atoms with Crippen LogP contribution in [0, 0.1) is 5.82 Å². The number of esters is 1. The summed E-state index contributed by atoms with van der Waals surface area (Å²) in [5.74, 6) is -1.30. The molecule has 0 aliphatic heterocycles. The molecular weight excluding hydrogens is 213 g/mol. The SMILES string of the molecule is COC(=O)C(O)c1c[nH]c2cccc(F)c12. The van der Waals surface area contributed by atoms with Crippen LogP contribution < -0.4 is 0 Å². The van der Waals surface area contributed by atoms with Crippen LogP contribution in [0.2, 0.25) is 0 Å². The second-order valence-electron chi connectivity index (χ2n) is 3.33. The van der Waals surface area contributed by atoms with E-state index in [4.69, 9.17) is 0 Å².